The number of ether oxygens (including phenoxy) is 6. The molecular formula is C107H105F4N23O10. The molecule has 37 heteroatoms. The van der Waals surface area contributed by atoms with Crippen molar-refractivity contribution in [1.29, 1.82) is 0 Å². The molecule has 0 aliphatic carbocycles. The molecular weight excluding hydrogens is 1840 g/mol. The fourth-order valence-electron chi connectivity index (χ4n) is 17.1. The van der Waals surface area contributed by atoms with Gasteiger partial charge < -0.3 is 85.9 Å². The third-order valence-electron chi connectivity index (χ3n) is 24.9. The van der Waals surface area contributed by atoms with Crippen molar-refractivity contribution in [2.75, 3.05) is 167 Å². The Morgan fingerprint density at radius 2 is 0.569 bits per heavy atom. The summed E-state index contributed by atoms with van der Waals surface area (Å²) in [6, 6.07) is 66.4. The number of halogens is 4. The molecule has 4 fully saturated rings. The highest BCUT2D eigenvalue weighted by Gasteiger charge is 2.31. The van der Waals surface area contributed by atoms with Crippen LogP contribution >= 0.6 is 0 Å². The van der Waals surface area contributed by atoms with Crippen molar-refractivity contribution in [3.63, 3.8) is 0 Å². The van der Waals surface area contributed by atoms with Crippen LogP contribution in [0, 0.1) is 23.3 Å². The standard InChI is InChI=1S/C28H28FN5O3.C27H27FN6O3.C27H26FN5O2.C25H24FN7O2/c1-36-23-5-3-4-20(16-23)25-19-34(22-8-6-21(29)7-9-22)27(31-25)18-28(35)33-14-12-32(13-15-33)26-17-24(37-2)10-11-30-26;1-36-22-5-3-4-19(14-22)23-17-34(21-8-6-20(28)7-9-21)25(31-23)16-27(35)33-12-10-32(11-13-33)24-15-26(37-2)30-18-29-24;1-35-23-6-4-5-20(17-23)24-19-33(22-10-8-21(28)9-11-22)26(30-24)18-27(34)32-15-13-31(14-16-32)25-7-2-3-12-29-25;1-35-21-4-2-3-18(13-21)22-15-33(20-7-5-19(26)6-8-20)23(30-22)14-24(34)31-9-11-32(12-10-31)25-28-16-27-17-29-25/h3-11,16-17,19H,12-15,18H2,1-2H3;3-9,14-15,17-18H,10-13,16H2,1-2H3;2-12,17,19H,13-16,18H2,1H3;2-8,13,15-17H,9-12,14H2,1H3. The molecule has 4 saturated heterocycles. The number of nitrogens with zero attached hydrogens (tertiary/aromatic N) is 23. The van der Waals surface area contributed by atoms with Gasteiger partial charge in [0.1, 0.15) is 112 Å². The van der Waals surface area contributed by atoms with Crippen LogP contribution in [0.2, 0.25) is 0 Å². The quantitative estimate of drug-likeness (QED) is 0.0455. The zero-order chi connectivity index (χ0) is 100.0. The minimum atomic E-state index is -0.325. The van der Waals surface area contributed by atoms with Gasteiger partial charge in [-0.3, -0.25) is 19.2 Å². The molecule has 0 radical (unpaired) electrons. The first kappa shape index (κ1) is 98.2. The summed E-state index contributed by atoms with van der Waals surface area (Å²) in [6.45, 7) is 10.0. The summed E-state index contributed by atoms with van der Waals surface area (Å²) < 4.78 is 93.6. The van der Waals surface area contributed by atoms with E-state index in [2.05, 4.69) is 49.6 Å². The summed E-state index contributed by atoms with van der Waals surface area (Å²) in [6.07, 6.45) is 15.9. The van der Waals surface area contributed by atoms with Crippen LogP contribution in [0.5, 0.6) is 34.6 Å². The number of rotatable bonds is 26. The zero-order valence-electron chi connectivity index (χ0n) is 80.2. The third-order valence-corrected chi connectivity index (χ3v) is 24.9. The van der Waals surface area contributed by atoms with Gasteiger partial charge in [-0.25, -0.2) is 72.4 Å². The number of benzene rings is 8. The summed E-state index contributed by atoms with van der Waals surface area (Å²) in [5, 5.41) is 0. The fourth-order valence-corrected chi connectivity index (χ4v) is 17.1. The molecule has 0 spiro atoms. The Labute approximate surface area is 828 Å². The van der Waals surface area contributed by atoms with Crippen LogP contribution in [-0.2, 0) is 44.9 Å². The molecule has 8 aromatic heterocycles. The van der Waals surface area contributed by atoms with Gasteiger partial charge in [-0.05, 0) is 164 Å². The van der Waals surface area contributed by atoms with E-state index in [4.69, 9.17) is 48.4 Å². The van der Waals surface area contributed by atoms with Crippen LogP contribution in [0.1, 0.15) is 23.3 Å². The molecule has 16 aromatic rings. The molecule has 0 bridgehead atoms. The van der Waals surface area contributed by atoms with Crippen molar-refractivity contribution in [3.8, 4) is 102 Å². The van der Waals surface area contributed by atoms with E-state index >= 15 is 0 Å². The number of piperazine rings is 4. The van der Waals surface area contributed by atoms with E-state index in [1.54, 1.807) is 110 Å². The van der Waals surface area contributed by atoms with Crippen molar-refractivity contribution in [1.82, 2.24) is 92.7 Å². The Morgan fingerprint density at radius 1 is 0.271 bits per heavy atom. The first-order chi connectivity index (χ1) is 70.3. The molecule has 4 aliphatic rings. The molecule has 4 amide bonds. The Bertz CT molecular complexity index is 6620. The fraction of sp³-hybridized carbons (Fsp3) is 0.243. The van der Waals surface area contributed by atoms with Crippen LogP contribution in [0.3, 0.4) is 0 Å². The number of amides is 4. The summed E-state index contributed by atoms with van der Waals surface area (Å²) >= 11 is 0. The molecule has 0 N–H and O–H groups in total. The summed E-state index contributed by atoms with van der Waals surface area (Å²) in [5.74, 6) is 8.30. The Balaban J connectivity index is 0.000000132. The maximum Gasteiger partial charge on any atom is 0.230 e. The first-order valence-corrected chi connectivity index (χ1v) is 46.7. The highest BCUT2D eigenvalue weighted by atomic mass is 19.1. The number of pyridine rings is 2. The van der Waals surface area contributed by atoms with E-state index in [1.165, 1.54) is 67.5 Å². The monoisotopic (exact) mass is 1950 g/mol. The molecule has 12 heterocycles. The number of carbonyl (C=O) groups excluding carboxylic acids is 4. The first-order valence-electron chi connectivity index (χ1n) is 46.7. The van der Waals surface area contributed by atoms with Crippen molar-refractivity contribution >= 4 is 47.0 Å². The van der Waals surface area contributed by atoms with Crippen LogP contribution in [0.25, 0.3) is 67.8 Å². The largest absolute Gasteiger partial charge is 0.497 e. The van der Waals surface area contributed by atoms with Gasteiger partial charge in [-0.1, -0.05) is 54.6 Å². The molecule has 33 nitrogen and oxygen atoms in total. The minimum absolute atomic E-state index is 0.00981. The van der Waals surface area contributed by atoms with Crippen molar-refractivity contribution < 1.29 is 65.2 Å². The predicted molar refractivity (Wildman–Crippen MR) is 535 cm³/mol. The van der Waals surface area contributed by atoms with Crippen LogP contribution in [0.15, 0.2) is 287 Å². The van der Waals surface area contributed by atoms with E-state index in [9.17, 15) is 36.7 Å². The number of hydrogen-bond acceptors (Lipinski definition) is 25. The van der Waals surface area contributed by atoms with Gasteiger partial charge in [0.25, 0.3) is 0 Å². The SMILES string of the molecule is COc1cccc(-c2cn(-c3ccc(F)cc3)c(CC(=O)N3CCN(c4cc(OC)ccn4)CC3)n2)c1.COc1cccc(-c2cn(-c3ccc(F)cc3)c(CC(=O)N3CCN(c4cc(OC)ncn4)CC3)n2)c1.COc1cccc(-c2cn(-c3ccc(F)cc3)c(CC(=O)N3CCN(c4ccccn4)CC3)n2)c1.COc1cccc(-c2cn(-c3ccc(F)cc3)c(CC(=O)N3CCN(c4ncncn4)CC3)n2)c1. The Kier molecular flexibility index (Phi) is 31.8. The average Bonchev–Trinajstić information content (AvgIpc) is 1.67. The number of carbonyl (C=O) groups is 4. The molecule has 0 atom stereocenters. The maximum absolute atomic E-state index is 13.6. The predicted octanol–water partition coefficient (Wildman–Crippen LogP) is 14.1. The van der Waals surface area contributed by atoms with E-state index in [-0.39, 0.29) is 72.6 Å². The summed E-state index contributed by atoms with van der Waals surface area (Å²) in [5.41, 5.74) is 9.25. The highest BCUT2D eigenvalue weighted by molar-refractivity contribution is 5.82. The van der Waals surface area contributed by atoms with Gasteiger partial charge in [0.15, 0.2) is 0 Å². The molecule has 4 aliphatic heterocycles. The van der Waals surface area contributed by atoms with E-state index in [0.717, 1.165) is 98.5 Å². The lowest BCUT2D eigenvalue weighted by atomic mass is 10.1. The van der Waals surface area contributed by atoms with Gasteiger partial charge in [0.05, 0.1) is 91.1 Å². The molecule has 144 heavy (non-hydrogen) atoms. The Hall–Kier alpha value is -17.4. The second kappa shape index (κ2) is 46.6. The molecule has 20 rings (SSSR count). The van der Waals surface area contributed by atoms with Gasteiger partial charge in [0.2, 0.25) is 35.5 Å². The topological polar surface area (TPSA) is 311 Å². The number of hydrogen-bond donors (Lipinski definition) is 0. The summed E-state index contributed by atoms with van der Waals surface area (Å²) in [7, 11) is 9.66. The molecule has 8 aromatic carbocycles. The van der Waals surface area contributed by atoms with Gasteiger partial charge in [0, 0.05) is 199 Å². The highest BCUT2D eigenvalue weighted by Crippen LogP contribution is 2.34. The number of methoxy groups -OCH3 is 6. The van der Waals surface area contributed by atoms with Gasteiger partial charge in [-0.2, -0.15) is 0 Å². The lowest BCUT2D eigenvalue weighted by Gasteiger charge is -2.35. The van der Waals surface area contributed by atoms with Crippen molar-refractivity contribution in [2.24, 2.45) is 0 Å². The average molecular weight is 1950 g/mol. The minimum Gasteiger partial charge on any atom is -0.497 e. The van der Waals surface area contributed by atoms with Crippen LogP contribution in [-0.4, -0.2) is 264 Å². The van der Waals surface area contributed by atoms with E-state index in [1.807, 2.05) is 195 Å². The van der Waals surface area contributed by atoms with Crippen molar-refractivity contribution in [3.05, 3.63) is 333 Å². The van der Waals surface area contributed by atoms with Crippen LogP contribution in [0.4, 0.5) is 41.0 Å². The molecule has 0 saturated carbocycles. The number of imidazole rings is 4. The smallest absolute Gasteiger partial charge is 0.230 e. The maximum atomic E-state index is 13.6. The number of anilines is 4. The lowest BCUT2D eigenvalue weighted by Crippen LogP contribution is -2.49. The zero-order valence-corrected chi connectivity index (χ0v) is 80.2. The van der Waals surface area contributed by atoms with Gasteiger partial charge >= 0.3 is 0 Å². The molecule has 736 valence electrons. The second-order valence-corrected chi connectivity index (χ2v) is 33.8. The molecule has 0 unspecified atom stereocenters. The van der Waals surface area contributed by atoms with E-state index < -0.39 is 0 Å². The second-order valence-electron chi connectivity index (χ2n) is 33.8. The normalized spacial score (nSPS) is 13.6. The van der Waals surface area contributed by atoms with Crippen molar-refractivity contribution in [2.45, 2.75) is 25.7 Å². The van der Waals surface area contributed by atoms with Crippen LogP contribution < -0.4 is 48.0 Å². The Morgan fingerprint density at radius 3 is 0.875 bits per heavy atom. The number of aromatic nitrogens is 15. The third kappa shape index (κ3) is 24.5. The lowest BCUT2D eigenvalue weighted by molar-refractivity contribution is -0.131. The van der Waals surface area contributed by atoms with E-state index in [0.29, 0.717) is 155 Å². The summed E-state index contributed by atoms with van der Waals surface area (Å²) in [4.78, 5) is 118. The van der Waals surface area contributed by atoms with Gasteiger partial charge in [-0.15, -0.1) is 0 Å².